The largest absolute Gasteiger partial charge is 0.387 e. The molecule has 3 aromatic rings. The normalized spacial score (nSPS) is 12.5. The zero-order valence-corrected chi connectivity index (χ0v) is 11.8. The molecule has 2 N–H and O–H groups in total. The fourth-order valence-corrected chi connectivity index (χ4v) is 2.90. The van der Waals surface area contributed by atoms with Crippen LogP contribution in [0.4, 0.5) is 14.5 Å². The molecule has 21 heavy (non-hydrogen) atoms. The number of aliphatic hydroxyl groups is 1. The van der Waals surface area contributed by atoms with Gasteiger partial charge < -0.3 is 10.4 Å². The van der Waals surface area contributed by atoms with Gasteiger partial charge in [-0.1, -0.05) is 6.07 Å². The van der Waals surface area contributed by atoms with E-state index in [1.54, 1.807) is 11.3 Å². The smallest absolute Gasteiger partial charge is 0.159 e. The highest BCUT2D eigenvalue weighted by atomic mass is 32.1. The minimum Gasteiger partial charge on any atom is -0.387 e. The molecule has 0 aliphatic rings. The molecule has 2 aromatic carbocycles. The average molecular weight is 305 g/mol. The lowest BCUT2D eigenvalue weighted by Crippen LogP contribution is -2.12. The monoisotopic (exact) mass is 305 g/mol. The van der Waals surface area contributed by atoms with Crippen molar-refractivity contribution in [3.8, 4) is 0 Å². The van der Waals surface area contributed by atoms with Gasteiger partial charge >= 0.3 is 0 Å². The van der Waals surface area contributed by atoms with Gasteiger partial charge in [-0.2, -0.15) is 0 Å². The summed E-state index contributed by atoms with van der Waals surface area (Å²) in [6, 6.07) is 11.4. The van der Waals surface area contributed by atoms with E-state index in [1.165, 1.54) is 10.8 Å². The van der Waals surface area contributed by atoms with Crippen molar-refractivity contribution in [3.63, 3.8) is 0 Å². The van der Waals surface area contributed by atoms with E-state index in [2.05, 4.69) is 5.32 Å². The lowest BCUT2D eigenvalue weighted by Gasteiger charge is -2.13. The molecule has 1 heterocycles. The number of aliphatic hydroxyl groups excluding tert-OH is 1. The molecule has 1 unspecified atom stereocenters. The maximum atomic E-state index is 13.1. The van der Waals surface area contributed by atoms with E-state index in [0.717, 1.165) is 23.2 Å². The van der Waals surface area contributed by atoms with Gasteiger partial charge in [-0.05, 0) is 52.7 Å². The first kappa shape index (κ1) is 14.0. The number of nitrogens with one attached hydrogen (secondary N) is 1. The summed E-state index contributed by atoms with van der Waals surface area (Å²) >= 11 is 1.67. The molecule has 0 bridgehead atoms. The van der Waals surface area contributed by atoms with E-state index < -0.39 is 17.7 Å². The van der Waals surface area contributed by atoms with E-state index in [0.29, 0.717) is 5.56 Å². The number of halogens is 2. The Morgan fingerprint density at radius 2 is 1.90 bits per heavy atom. The summed E-state index contributed by atoms with van der Waals surface area (Å²) in [5.74, 6) is -1.87. The molecular weight excluding hydrogens is 292 g/mol. The molecule has 2 nitrogen and oxygen atoms in total. The van der Waals surface area contributed by atoms with Gasteiger partial charge in [-0.3, -0.25) is 0 Å². The van der Waals surface area contributed by atoms with Crippen LogP contribution in [0, 0.1) is 11.6 Å². The Labute approximate surface area is 124 Å². The molecule has 0 saturated heterocycles. The molecule has 0 radical (unpaired) electrons. The van der Waals surface area contributed by atoms with Crippen LogP contribution in [-0.2, 0) is 0 Å². The predicted octanol–water partition coefficient (Wildman–Crippen LogP) is 4.33. The van der Waals surface area contributed by atoms with Crippen LogP contribution in [0.15, 0.2) is 47.8 Å². The highest BCUT2D eigenvalue weighted by Crippen LogP contribution is 2.24. The maximum Gasteiger partial charge on any atom is 0.159 e. The summed E-state index contributed by atoms with van der Waals surface area (Å²) in [6.07, 6.45) is -0.904. The number of benzene rings is 2. The zero-order valence-electron chi connectivity index (χ0n) is 11.0. The Bertz CT molecular complexity index is 772. The van der Waals surface area contributed by atoms with Crippen LogP contribution in [0.1, 0.15) is 11.7 Å². The van der Waals surface area contributed by atoms with Gasteiger partial charge in [0.25, 0.3) is 0 Å². The third-order valence-electron chi connectivity index (χ3n) is 3.28. The fraction of sp³-hybridized carbons (Fsp3) is 0.125. The maximum absolute atomic E-state index is 13.1. The third kappa shape index (κ3) is 3.04. The zero-order chi connectivity index (χ0) is 14.8. The second kappa shape index (κ2) is 5.79. The molecule has 5 heteroatoms. The Morgan fingerprint density at radius 3 is 2.71 bits per heavy atom. The molecule has 0 aliphatic heterocycles. The summed E-state index contributed by atoms with van der Waals surface area (Å²) in [6.45, 7) is 0.223. The lowest BCUT2D eigenvalue weighted by molar-refractivity contribution is 0.191. The number of rotatable bonds is 4. The topological polar surface area (TPSA) is 32.3 Å². The Morgan fingerprint density at radius 1 is 1.05 bits per heavy atom. The second-order valence-electron chi connectivity index (χ2n) is 4.74. The van der Waals surface area contributed by atoms with Crippen LogP contribution >= 0.6 is 11.3 Å². The summed E-state index contributed by atoms with van der Waals surface area (Å²) in [4.78, 5) is 0. The summed E-state index contributed by atoms with van der Waals surface area (Å²) in [5, 5.41) is 16.3. The first-order valence-corrected chi connectivity index (χ1v) is 7.35. The standard InChI is InChI=1S/C16H13F2NOS/c17-13-3-1-10(8-14(13)18)15(20)9-19-12-2-4-16-11(7-12)5-6-21-16/h1-8,15,19-20H,9H2. The molecule has 0 spiro atoms. The van der Waals surface area contributed by atoms with Crippen molar-refractivity contribution in [3.05, 3.63) is 65.0 Å². The van der Waals surface area contributed by atoms with Gasteiger partial charge in [-0.25, -0.2) is 8.78 Å². The first-order chi connectivity index (χ1) is 10.1. The Kier molecular flexibility index (Phi) is 3.86. The van der Waals surface area contributed by atoms with E-state index in [4.69, 9.17) is 0 Å². The van der Waals surface area contributed by atoms with Crippen LogP contribution in [0.2, 0.25) is 0 Å². The summed E-state index contributed by atoms with van der Waals surface area (Å²) in [7, 11) is 0. The molecular formula is C16H13F2NOS. The molecule has 1 atom stereocenters. The Balaban J connectivity index is 1.69. The van der Waals surface area contributed by atoms with Crippen molar-refractivity contribution >= 4 is 27.1 Å². The number of fused-ring (bicyclic) bond motifs is 1. The number of anilines is 1. The van der Waals surface area contributed by atoms with Crippen molar-refractivity contribution in [1.29, 1.82) is 0 Å². The number of hydrogen-bond acceptors (Lipinski definition) is 3. The van der Waals surface area contributed by atoms with Gasteiger partial charge in [0, 0.05) is 16.9 Å². The van der Waals surface area contributed by atoms with Crippen molar-refractivity contribution in [1.82, 2.24) is 0 Å². The van der Waals surface area contributed by atoms with Crippen LogP contribution in [0.3, 0.4) is 0 Å². The van der Waals surface area contributed by atoms with Crippen molar-refractivity contribution < 1.29 is 13.9 Å². The van der Waals surface area contributed by atoms with Crippen LogP contribution < -0.4 is 5.32 Å². The van der Waals surface area contributed by atoms with Crippen molar-refractivity contribution in [2.75, 3.05) is 11.9 Å². The summed E-state index contributed by atoms with van der Waals surface area (Å²) < 4.78 is 27.2. The Hall–Kier alpha value is -1.98. The van der Waals surface area contributed by atoms with Crippen molar-refractivity contribution in [2.45, 2.75) is 6.10 Å². The lowest BCUT2D eigenvalue weighted by atomic mass is 10.1. The van der Waals surface area contributed by atoms with E-state index in [1.807, 2.05) is 29.6 Å². The van der Waals surface area contributed by atoms with Crippen LogP contribution in [0.25, 0.3) is 10.1 Å². The number of thiophene rings is 1. The van der Waals surface area contributed by atoms with E-state index >= 15 is 0 Å². The second-order valence-corrected chi connectivity index (χ2v) is 5.69. The quantitative estimate of drug-likeness (QED) is 0.752. The van der Waals surface area contributed by atoms with Gasteiger partial charge in [0.1, 0.15) is 0 Å². The highest BCUT2D eigenvalue weighted by molar-refractivity contribution is 7.17. The minimum atomic E-state index is -0.953. The molecule has 0 amide bonds. The van der Waals surface area contributed by atoms with E-state index in [9.17, 15) is 13.9 Å². The van der Waals surface area contributed by atoms with Gasteiger partial charge in [0.2, 0.25) is 0 Å². The third-order valence-corrected chi connectivity index (χ3v) is 4.18. The highest BCUT2D eigenvalue weighted by Gasteiger charge is 2.10. The molecule has 1 aromatic heterocycles. The average Bonchev–Trinajstić information content (AvgIpc) is 2.95. The molecule has 108 valence electrons. The SMILES string of the molecule is OC(CNc1ccc2sccc2c1)c1ccc(F)c(F)c1. The van der Waals surface area contributed by atoms with Crippen LogP contribution in [0.5, 0.6) is 0 Å². The van der Waals surface area contributed by atoms with Gasteiger partial charge in [0.05, 0.1) is 6.10 Å². The van der Waals surface area contributed by atoms with Crippen LogP contribution in [-0.4, -0.2) is 11.7 Å². The molecule has 0 aliphatic carbocycles. The van der Waals surface area contributed by atoms with E-state index in [-0.39, 0.29) is 6.54 Å². The molecule has 0 fully saturated rings. The fourth-order valence-electron chi connectivity index (χ4n) is 2.13. The summed E-state index contributed by atoms with van der Waals surface area (Å²) in [5.41, 5.74) is 1.22. The first-order valence-electron chi connectivity index (χ1n) is 6.47. The predicted molar refractivity (Wildman–Crippen MR) is 81.6 cm³/mol. The van der Waals surface area contributed by atoms with Crippen molar-refractivity contribution in [2.24, 2.45) is 0 Å². The molecule has 3 rings (SSSR count). The molecule has 0 saturated carbocycles. The van der Waals surface area contributed by atoms with Gasteiger partial charge in [-0.15, -0.1) is 11.3 Å². The van der Waals surface area contributed by atoms with Gasteiger partial charge in [0.15, 0.2) is 11.6 Å². The minimum absolute atomic E-state index is 0.223. The number of hydrogen-bond donors (Lipinski definition) is 2.